The van der Waals surface area contributed by atoms with Crippen LogP contribution in [0.25, 0.3) is 0 Å². The minimum absolute atomic E-state index is 0.103. The fourth-order valence-corrected chi connectivity index (χ4v) is 1.93. The first-order valence-corrected chi connectivity index (χ1v) is 5.15. The van der Waals surface area contributed by atoms with Crippen molar-refractivity contribution in [3.63, 3.8) is 0 Å². The Bertz CT molecular complexity index is 476. The number of hydrogen-bond donors (Lipinski definition) is 1. The van der Waals surface area contributed by atoms with Crippen LogP contribution < -0.4 is 0 Å². The number of nitrogens with zero attached hydrogens (tertiary/aromatic N) is 1. The largest absolute Gasteiger partial charge is 0.505 e. The van der Waals surface area contributed by atoms with E-state index < -0.39 is 0 Å². The van der Waals surface area contributed by atoms with Gasteiger partial charge in [-0.3, -0.25) is 0 Å². The smallest absolute Gasteiger partial charge is 0.148 e. The van der Waals surface area contributed by atoms with E-state index in [0.717, 1.165) is 0 Å². The zero-order chi connectivity index (χ0) is 10.7. The van der Waals surface area contributed by atoms with Gasteiger partial charge in [-0.25, -0.2) is 9.37 Å². The lowest BCUT2D eigenvalue weighted by Gasteiger charge is -2.02. The second-order valence-electron chi connectivity index (χ2n) is 2.89. The minimum Gasteiger partial charge on any atom is -0.505 e. The Hall–Kier alpha value is -1.55. The van der Waals surface area contributed by atoms with Crippen LogP contribution in [0.1, 0.15) is 0 Å². The fourth-order valence-electron chi connectivity index (χ4n) is 1.10. The summed E-state index contributed by atoms with van der Waals surface area (Å²) in [7, 11) is 0. The summed E-state index contributed by atoms with van der Waals surface area (Å²) in [4.78, 5) is 4.71. The number of aromatic nitrogens is 1. The average molecular weight is 221 g/mol. The molecular formula is C11H8FNOS. The molecule has 0 fully saturated rings. The molecule has 2 nitrogen and oxygen atoms in total. The summed E-state index contributed by atoms with van der Waals surface area (Å²) >= 11 is 1.23. The molecule has 2 rings (SSSR count). The summed E-state index contributed by atoms with van der Waals surface area (Å²) in [5.74, 6) is -0.192. The third kappa shape index (κ3) is 2.47. The summed E-state index contributed by atoms with van der Waals surface area (Å²) in [6, 6.07) is 9.36. The van der Waals surface area contributed by atoms with Crippen LogP contribution in [0.2, 0.25) is 0 Å². The standard InChI is InChI=1S/C11H8FNOS/c12-8-3-1-4-9(7-8)15-11-10(14)5-2-6-13-11/h1-7,14H. The lowest BCUT2D eigenvalue weighted by atomic mass is 10.4. The van der Waals surface area contributed by atoms with Crippen LogP contribution in [0.3, 0.4) is 0 Å². The van der Waals surface area contributed by atoms with E-state index in [9.17, 15) is 9.50 Å². The maximum absolute atomic E-state index is 12.9. The van der Waals surface area contributed by atoms with E-state index in [2.05, 4.69) is 4.98 Å². The van der Waals surface area contributed by atoms with Gasteiger partial charge in [0.2, 0.25) is 0 Å². The lowest BCUT2D eigenvalue weighted by molar-refractivity contribution is 0.457. The molecule has 0 spiro atoms. The second-order valence-corrected chi connectivity index (χ2v) is 3.95. The van der Waals surface area contributed by atoms with Crippen molar-refractivity contribution >= 4 is 11.8 Å². The molecular weight excluding hydrogens is 213 g/mol. The van der Waals surface area contributed by atoms with Crippen LogP contribution in [0.4, 0.5) is 4.39 Å². The molecule has 0 amide bonds. The first-order chi connectivity index (χ1) is 7.25. The van der Waals surface area contributed by atoms with Crippen molar-refractivity contribution in [2.45, 2.75) is 9.92 Å². The molecule has 0 saturated heterocycles. The van der Waals surface area contributed by atoms with E-state index in [4.69, 9.17) is 0 Å². The van der Waals surface area contributed by atoms with E-state index in [1.54, 1.807) is 30.5 Å². The molecule has 0 atom stereocenters. The van der Waals surface area contributed by atoms with E-state index in [1.165, 1.54) is 23.9 Å². The maximum Gasteiger partial charge on any atom is 0.148 e. The van der Waals surface area contributed by atoms with Crippen LogP contribution in [0.5, 0.6) is 5.75 Å². The molecule has 1 N–H and O–H groups in total. The van der Waals surface area contributed by atoms with Crippen molar-refractivity contribution in [1.82, 2.24) is 4.98 Å². The highest BCUT2D eigenvalue weighted by Gasteiger charge is 2.04. The highest BCUT2D eigenvalue weighted by molar-refractivity contribution is 7.99. The van der Waals surface area contributed by atoms with Gasteiger partial charge in [0, 0.05) is 11.1 Å². The first kappa shape index (κ1) is 9.98. The molecule has 0 radical (unpaired) electrons. The molecule has 2 aromatic rings. The molecule has 0 bridgehead atoms. The van der Waals surface area contributed by atoms with E-state index in [1.807, 2.05) is 0 Å². The normalized spacial score (nSPS) is 10.2. The van der Waals surface area contributed by atoms with Crippen molar-refractivity contribution < 1.29 is 9.50 Å². The van der Waals surface area contributed by atoms with Gasteiger partial charge in [-0.1, -0.05) is 17.8 Å². The summed E-state index contributed by atoms with van der Waals surface area (Å²) in [6.07, 6.45) is 1.58. The van der Waals surface area contributed by atoms with Crippen molar-refractivity contribution in [2.24, 2.45) is 0 Å². The Balaban J connectivity index is 2.26. The monoisotopic (exact) mass is 221 g/mol. The zero-order valence-electron chi connectivity index (χ0n) is 7.72. The average Bonchev–Trinajstić information content (AvgIpc) is 2.22. The van der Waals surface area contributed by atoms with E-state index >= 15 is 0 Å². The van der Waals surface area contributed by atoms with Crippen LogP contribution in [-0.2, 0) is 0 Å². The van der Waals surface area contributed by atoms with Gasteiger partial charge in [-0.05, 0) is 30.3 Å². The number of rotatable bonds is 2. The summed E-state index contributed by atoms with van der Waals surface area (Å²) < 4.78 is 12.9. The van der Waals surface area contributed by atoms with E-state index in [0.29, 0.717) is 9.92 Å². The molecule has 1 aromatic heterocycles. The topological polar surface area (TPSA) is 33.1 Å². The molecule has 1 heterocycles. The van der Waals surface area contributed by atoms with Gasteiger partial charge in [-0.2, -0.15) is 0 Å². The number of aromatic hydroxyl groups is 1. The molecule has 15 heavy (non-hydrogen) atoms. The number of hydrogen-bond acceptors (Lipinski definition) is 3. The quantitative estimate of drug-likeness (QED) is 0.846. The van der Waals surface area contributed by atoms with Crippen LogP contribution in [-0.4, -0.2) is 10.1 Å². The molecule has 0 aliphatic rings. The number of halogens is 1. The fraction of sp³-hybridized carbons (Fsp3) is 0. The molecule has 0 aliphatic heterocycles. The molecule has 0 saturated carbocycles. The SMILES string of the molecule is Oc1cccnc1Sc1cccc(F)c1. The lowest BCUT2D eigenvalue weighted by Crippen LogP contribution is -1.80. The Labute approximate surface area is 90.8 Å². The molecule has 4 heteroatoms. The highest BCUT2D eigenvalue weighted by atomic mass is 32.2. The van der Waals surface area contributed by atoms with Crippen LogP contribution >= 0.6 is 11.8 Å². The first-order valence-electron chi connectivity index (χ1n) is 4.33. The minimum atomic E-state index is -0.296. The van der Waals surface area contributed by atoms with Gasteiger partial charge in [-0.15, -0.1) is 0 Å². The molecule has 0 unspecified atom stereocenters. The molecule has 0 aliphatic carbocycles. The van der Waals surface area contributed by atoms with Crippen molar-refractivity contribution in [2.75, 3.05) is 0 Å². The van der Waals surface area contributed by atoms with Gasteiger partial charge < -0.3 is 5.11 Å². The predicted molar refractivity (Wildman–Crippen MR) is 56.4 cm³/mol. The summed E-state index contributed by atoms with van der Waals surface area (Å²) in [6.45, 7) is 0. The van der Waals surface area contributed by atoms with Crippen LogP contribution in [0, 0.1) is 5.82 Å². The second kappa shape index (κ2) is 4.31. The maximum atomic E-state index is 12.9. The third-order valence-electron chi connectivity index (χ3n) is 1.76. The van der Waals surface area contributed by atoms with Gasteiger partial charge in [0.15, 0.2) is 0 Å². The Kier molecular flexibility index (Phi) is 2.87. The van der Waals surface area contributed by atoms with Gasteiger partial charge in [0.25, 0.3) is 0 Å². The molecule has 1 aromatic carbocycles. The van der Waals surface area contributed by atoms with Gasteiger partial charge in [0.05, 0.1) is 0 Å². The van der Waals surface area contributed by atoms with Crippen LogP contribution in [0.15, 0.2) is 52.5 Å². The van der Waals surface area contributed by atoms with Crippen molar-refractivity contribution in [3.05, 3.63) is 48.4 Å². The zero-order valence-corrected chi connectivity index (χ0v) is 8.54. The van der Waals surface area contributed by atoms with Gasteiger partial charge in [0.1, 0.15) is 16.6 Å². The number of pyridine rings is 1. The van der Waals surface area contributed by atoms with Gasteiger partial charge >= 0.3 is 0 Å². The Morgan fingerprint density at radius 3 is 2.80 bits per heavy atom. The summed E-state index contributed by atoms with van der Waals surface area (Å²) in [5.41, 5.74) is 0. The third-order valence-corrected chi connectivity index (χ3v) is 2.76. The highest BCUT2D eigenvalue weighted by Crippen LogP contribution is 2.31. The predicted octanol–water partition coefficient (Wildman–Crippen LogP) is 3.08. The van der Waals surface area contributed by atoms with E-state index in [-0.39, 0.29) is 11.6 Å². The van der Waals surface area contributed by atoms with Crippen molar-refractivity contribution in [3.8, 4) is 5.75 Å². The number of benzene rings is 1. The van der Waals surface area contributed by atoms with Crippen molar-refractivity contribution in [1.29, 1.82) is 0 Å². The Morgan fingerprint density at radius 1 is 1.20 bits per heavy atom. The summed E-state index contributed by atoms with van der Waals surface area (Å²) in [5, 5.41) is 9.94. The molecule has 76 valence electrons. The Morgan fingerprint density at radius 2 is 2.07 bits per heavy atom.